The number of aliphatic carboxylic acids is 1. The Balaban J connectivity index is 1.56. The van der Waals surface area contributed by atoms with Crippen molar-refractivity contribution in [2.24, 2.45) is 5.41 Å². The monoisotopic (exact) mass is 599 g/mol. The summed E-state index contributed by atoms with van der Waals surface area (Å²) < 4.78 is 0. The van der Waals surface area contributed by atoms with Gasteiger partial charge < -0.3 is 30.9 Å². The fourth-order valence-electron chi connectivity index (χ4n) is 5.09. The van der Waals surface area contributed by atoms with E-state index in [1.54, 1.807) is 42.5 Å². The highest BCUT2D eigenvalue weighted by molar-refractivity contribution is 6.04. The molecule has 3 aromatic rings. The van der Waals surface area contributed by atoms with Crippen LogP contribution < -0.4 is 20.9 Å². The van der Waals surface area contributed by atoms with Crippen LogP contribution in [0.25, 0.3) is 0 Å². The van der Waals surface area contributed by atoms with Gasteiger partial charge in [0, 0.05) is 43.9 Å². The number of carboxylic acid groups (broad SMARTS) is 1. The van der Waals surface area contributed by atoms with Gasteiger partial charge in [-0.3, -0.25) is 14.4 Å². The highest BCUT2D eigenvalue weighted by Gasteiger charge is 2.27. The van der Waals surface area contributed by atoms with E-state index in [0.29, 0.717) is 55.2 Å². The lowest BCUT2D eigenvalue weighted by atomic mass is 9.91. The van der Waals surface area contributed by atoms with Crippen molar-refractivity contribution in [3.63, 3.8) is 0 Å². The molecule has 0 radical (unpaired) electrons. The Morgan fingerprint density at radius 3 is 2.14 bits per heavy atom. The van der Waals surface area contributed by atoms with Gasteiger partial charge in [-0.05, 0) is 48.2 Å². The first-order valence-electron chi connectivity index (χ1n) is 14.8. The molecule has 0 bridgehead atoms. The Hall–Kier alpha value is -4.86. The molecule has 0 saturated carbocycles. The van der Waals surface area contributed by atoms with Crippen LogP contribution in [0.3, 0.4) is 0 Å². The van der Waals surface area contributed by atoms with Crippen molar-refractivity contribution in [1.82, 2.24) is 10.2 Å². The number of piperazine rings is 1. The molecule has 1 fully saturated rings. The first kappa shape index (κ1) is 32.1. The van der Waals surface area contributed by atoms with E-state index in [1.165, 1.54) is 0 Å². The minimum absolute atomic E-state index is 0.100. The van der Waals surface area contributed by atoms with Crippen LogP contribution in [0.4, 0.5) is 21.9 Å². The van der Waals surface area contributed by atoms with Gasteiger partial charge in [-0.2, -0.15) is 0 Å². The molecule has 44 heavy (non-hydrogen) atoms. The second-order valence-corrected chi connectivity index (χ2v) is 12.3. The van der Waals surface area contributed by atoms with Gasteiger partial charge in [0.1, 0.15) is 0 Å². The number of anilines is 3. The molecule has 10 heteroatoms. The van der Waals surface area contributed by atoms with E-state index in [1.807, 2.05) is 62.9 Å². The number of aryl methyl sites for hydroxylation is 1. The van der Waals surface area contributed by atoms with Crippen LogP contribution in [-0.4, -0.2) is 60.0 Å². The highest BCUT2D eigenvalue weighted by Crippen LogP contribution is 2.30. The molecule has 1 atom stereocenters. The van der Waals surface area contributed by atoms with Crippen LogP contribution in [0.15, 0.2) is 72.8 Å². The third-order valence-corrected chi connectivity index (χ3v) is 7.36. The van der Waals surface area contributed by atoms with Gasteiger partial charge in [-0.15, -0.1) is 0 Å². The highest BCUT2D eigenvalue weighted by atomic mass is 16.4. The molecule has 4 N–H and O–H groups in total. The first-order chi connectivity index (χ1) is 20.9. The standard InChI is InChI=1S/C34H41N5O5/c1-23-10-12-24(13-11-23)27(21-31(41)42)36-32(43)25-14-15-29(28(20-25)37-33(44)35-26-8-6-5-7-9-26)38-16-18-39(19-17-38)30(40)22-34(2,3)4/h5-15,20,27H,16-19,21-22H2,1-4H3,(H,36,43)(H,41,42)(H2,35,37,44). The Morgan fingerprint density at radius 2 is 1.52 bits per heavy atom. The molecule has 10 nitrogen and oxygen atoms in total. The van der Waals surface area contributed by atoms with Crippen LogP contribution >= 0.6 is 0 Å². The molecule has 3 aromatic carbocycles. The van der Waals surface area contributed by atoms with E-state index in [2.05, 4.69) is 20.9 Å². The van der Waals surface area contributed by atoms with Crippen molar-refractivity contribution in [3.05, 3.63) is 89.5 Å². The molecule has 1 aliphatic heterocycles. The van der Waals surface area contributed by atoms with Crippen molar-refractivity contribution >= 4 is 40.9 Å². The number of nitrogens with zero attached hydrogens (tertiary/aromatic N) is 2. The number of para-hydroxylation sites is 1. The van der Waals surface area contributed by atoms with Gasteiger partial charge >= 0.3 is 12.0 Å². The van der Waals surface area contributed by atoms with Crippen molar-refractivity contribution in [1.29, 1.82) is 0 Å². The van der Waals surface area contributed by atoms with E-state index in [-0.39, 0.29) is 23.3 Å². The van der Waals surface area contributed by atoms with Crippen LogP contribution in [0.5, 0.6) is 0 Å². The lowest BCUT2D eigenvalue weighted by Gasteiger charge is -2.38. The second kappa shape index (κ2) is 14.1. The van der Waals surface area contributed by atoms with Gasteiger partial charge in [0.15, 0.2) is 0 Å². The third-order valence-electron chi connectivity index (χ3n) is 7.36. The Labute approximate surface area is 258 Å². The number of benzene rings is 3. The van der Waals surface area contributed by atoms with E-state index in [9.17, 15) is 24.3 Å². The SMILES string of the molecule is Cc1ccc(C(CC(=O)O)NC(=O)c2ccc(N3CCN(C(=O)CC(C)(C)C)CC3)c(NC(=O)Nc3ccccc3)c2)cc1. The number of rotatable bonds is 9. The number of hydrogen-bond acceptors (Lipinski definition) is 5. The van der Waals surface area contributed by atoms with Crippen LogP contribution in [0, 0.1) is 12.3 Å². The van der Waals surface area contributed by atoms with Crippen LogP contribution in [-0.2, 0) is 9.59 Å². The fourth-order valence-corrected chi connectivity index (χ4v) is 5.09. The summed E-state index contributed by atoms with van der Waals surface area (Å²) >= 11 is 0. The van der Waals surface area contributed by atoms with Crippen molar-refractivity contribution in [2.75, 3.05) is 41.7 Å². The van der Waals surface area contributed by atoms with E-state index in [4.69, 9.17) is 0 Å². The van der Waals surface area contributed by atoms with Crippen molar-refractivity contribution < 1.29 is 24.3 Å². The summed E-state index contributed by atoms with van der Waals surface area (Å²) in [5, 5.41) is 18.1. The van der Waals surface area contributed by atoms with Gasteiger partial charge in [-0.25, -0.2) is 4.79 Å². The molecule has 0 spiro atoms. The molecule has 1 saturated heterocycles. The van der Waals surface area contributed by atoms with Crippen molar-refractivity contribution in [3.8, 4) is 0 Å². The number of amides is 4. The van der Waals surface area contributed by atoms with Gasteiger partial charge in [-0.1, -0.05) is 68.8 Å². The molecule has 1 aliphatic rings. The predicted octanol–water partition coefficient (Wildman–Crippen LogP) is 5.67. The third kappa shape index (κ3) is 9.07. The second-order valence-electron chi connectivity index (χ2n) is 12.3. The average molecular weight is 600 g/mol. The first-order valence-corrected chi connectivity index (χ1v) is 14.8. The molecule has 4 rings (SSSR count). The summed E-state index contributed by atoms with van der Waals surface area (Å²) in [6.07, 6.45) is 0.185. The number of hydrogen-bond donors (Lipinski definition) is 4. The summed E-state index contributed by atoms with van der Waals surface area (Å²) in [5.74, 6) is -1.38. The lowest BCUT2D eigenvalue weighted by Crippen LogP contribution is -2.49. The zero-order valence-corrected chi connectivity index (χ0v) is 25.7. The van der Waals surface area contributed by atoms with Gasteiger partial charge in [0.2, 0.25) is 5.91 Å². The van der Waals surface area contributed by atoms with E-state index in [0.717, 1.165) is 5.56 Å². The van der Waals surface area contributed by atoms with Crippen molar-refractivity contribution in [2.45, 2.75) is 46.6 Å². The molecular weight excluding hydrogens is 558 g/mol. The number of nitrogens with one attached hydrogen (secondary N) is 3. The summed E-state index contributed by atoms with van der Waals surface area (Å²) in [7, 11) is 0. The molecule has 1 heterocycles. The Kier molecular flexibility index (Phi) is 10.3. The molecular formula is C34H41N5O5. The van der Waals surface area contributed by atoms with E-state index < -0.39 is 23.9 Å². The largest absolute Gasteiger partial charge is 0.481 e. The molecule has 0 aromatic heterocycles. The van der Waals surface area contributed by atoms with Crippen LogP contribution in [0.1, 0.15) is 61.1 Å². The summed E-state index contributed by atoms with van der Waals surface area (Å²) in [5.41, 5.74) is 3.62. The van der Waals surface area contributed by atoms with E-state index >= 15 is 0 Å². The molecule has 4 amide bonds. The molecule has 1 unspecified atom stereocenters. The molecule has 0 aliphatic carbocycles. The predicted molar refractivity (Wildman–Crippen MR) is 172 cm³/mol. The summed E-state index contributed by atoms with van der Waals surface area (Å²) in [6.45, 7) is 10.3. The zero-order chi connectivity index (χ0) is 31.9. The smallest absolute Gasteiger partial charge is 0.323 e. The number of urea groups is 1. The number of carbonyl (C=O) groups excluding carboxylic acids is 3. The quantitative estimate of drug-likeness (QED) is 0.251. The fraction of sp³-hybridized carbons (Fsp3) is 0.353. The topological polar surface area (TPSA) is 131 Å². The van der Waals surface area contributed by atoms with Crippen LogP contribution in [0.2, 0.25) is 0 Å². The molecule has 232 valence electrons. The summed E-state index contributed by atoms with van der Waals surface area (Å²) in [4.78, 5) is 54.8. The minimum atomic E-state index is -1.04. The Morgan fingerprint density at radius 1 is 0.864 bits per heavy atom. The van der Waals surface area contributed by atoms with Gasteiger partial charge in [0.05, 0.1) is 23.8 Å². The maximum Gasteiger partial charge on any atom is 0.323 e. The van der Waals surface area contributed by atoms with Gasteiger partial charge in [0.25, 0.3) is 5.91 Å². The average Bonchev–Trinajstić information content (AvgIpc) is 2.96. The zero-order valence-electron chi connectivity index (χ0n) is 25.7. The summed E-state index contributed by atoms with van der Waals surface area (Å²) in [6, 6.07) is 20.2. The Bertz CT molecular complexity index is 1480. The maximum atomic E-state index is 13.4. The maximum absolute atomic E-state index is 13.4. The number of carbonyl (C=O) groups is 4. The lowest BCUT2D eigenvalue weighted by molar-refractivity contribution is -0.137. The minimum Gasteiger partial charge on any atom is -0.481 e. The number of carboxylic acids is 1. The normalized spacial score (nSPS) is 14.0.